The molecule has 3 rings (SSSR count). The fourth-order valence-electron chi connectivity index (χ4n) is 3.11. The van der Waals surface area contributed by atoms with Crippen LogP contribution in [0.1, 0.15) is 11.1 Å². The Bertz CT molecular complexity index is 816. The Labute approximate surface area is 179 Å². The van der Waals surface area contributed by atoms with Crippen molar-refractivity contribution in [1.29, 1.82) is 0 Å². The maximum Gasteiger partial charge on any atom is 0.129 e. The van der Waals surface area contributed by atoms with E-state index < -0.39 is 0 Å². The van der Waals surface area contributed by atoms with Crippen molar-refractivity contribution >= 4 is 10.8 Å². The lowest BCUT2D eigenvalue weighted by molar-refractivity contribution is -0.731. The summed E-state index contributed by atoms with van der Waals surface area (Å²) in [5, 5.41) is 15.8. The summed E-state index contributed by atoms with van der Waals surface area (Å²) in [4.78, 5) is 0. The normalized spacial score (nSPS) is 10.2. The van der Waals surface area contributed by atoms with Gasteiger partial charge in [0, 0.05) is 0 Å². The number of hydrogen-bond donors (Lipinski definition) is 3. The monoisotopic (exact) mass is 422 g/mol. The van der Waals surface area contributed by atoms with Crippen molar-refractivity contribution in [2.75, 3.05) is 26.2 Å². The van der Waals surface area contributed by atoms with Gasteiger partial charge in [-0.3, -0.25) is 0 Å². The minimum absolute atomic E-state index is 0. The number of ether oxygens (including phenoxy) is 1. The van der Waals surface area contributed by atoms with E-state index in [0.717, 1.165) is 31.9 Å². The van der Waals surface area contributed by atoms with Gasteiger partial charge in [-0.15, -0.1) is 0 Å². The van der Waals surface area contributed by atoms with Gasteiger partial charge in [0.2, 0.25) is 0 Å². The van der Waals surface area contributed by atoms with Crippen molar-refractivity contribution in [1.82, 2.24) is 0 Å². The Morgan fingerprint density at radius 1 is 0.750 bits per heavy atom. The van der Waals surface area contributed by atoms with E-state index >= 15 is 0 Å². The van der Waals surface area contributed by atoms with E-state index in [2.05, 4.69) is 59.2 Å². The summed E-state index contributed by atoms with van der Waals surface area (Å²) < 4.78 is 6.17. The van der Waals surface area contributed by atoms with Crippen LogP contribution in [0.25, 0.3) is 10.8 Å². The third-order valence-corrected chi connectivity index (χ3v) is 4.49. The molecule has 0 bridgehead atoms. The molecule has 0 fully saturated rings. The van der Waals surface area contributed by atoms with Crippen LogP contribution in [0.15, 0.2) is 66.7 Å². The van der Waals surface area contributed by atoms with E-state index in [0.29, 0.717) is 6.61 Å². The Balaban J connectivity index is 0.00000196. The number of aliphatic hydroxyl groups excluding tert-OH is 1. The van der Waals surface area contributed by atoms with Crippen LogP contribution in [-0.4, -0.2) is 31.3 Å². The van der Waals surface area contributed by atoms with Crippen molar-refractivity contribution in [2.24, 2.45) is 0 Å². The SMILES string of the molecule is OCC[NH2+]CC[NH2+]Cc1c(OCc2ccccc2)ccc2ccccc12.[Cl-].[Cl-]. The van der Waals surface area contributed by atoms with Crippen LogP contribution in [0.2, 0.25) is 0 Å². The van der Waals surface area contributed by atoms with Gasteiger partial charge >= 0.3 is 0 Å². The molecule has 0 heterocycles. The number of quaternary nitrogens is 2. The summed E-state index contributed by atoms with van der Waals surface area (Å²) in [5.74, 6) is 0.961. The summed E-state index contributed by atoms with van der Waals surface area (Å²) in [6.45, 7) is 4.50. The third kappa shape index (κ3) is 6.97. The van der Waals surface area contributed by atoms with Crippen LogP contribution in [0, 0.1) is 0 Å². The van der Waals surface area contributed by atoms with Crippen LogP contribution in [-0.2, 0) is 13.2 Å². The number of fused-ring (bicyclic) bond motifs is 1. The third-order valence-electron chi connectivity index (χ3n) is 4.49. The highest BCUT2D eigenvalue weighted by Gasteiger charge is 2.11. The first-order valence-electron chi connectivity index (χ1n) is 9.30. The lowest BCUT2D eigenvalue weighted by Gasteiger charge is -2.14. The predicted molar refractivity (Wildman–Crippen MR) is 104 cm³/mol. The van der Waals surface area contributed by atoms with E-state index in [1.165, 1.54) is 21.9 Å². The highest BCUT2D eigenvalue weighted by Crippen LogP contribution is 2.28. The van der Waals surface area contributed by atoms with E-state index in [9.17, 15) is 0 Å². The lowest BCUT2D eigenvalue weighted by Crippen LogP contribution is -3.00. The van der Waals surface area contributed by atoms with Gasteiger partial charge in [0.1, 0.15) is 32.0 Å². The van der Waals surface area contributed by atoms with E-state index in [1.54, 1.807) is 0 Å². The number of rotatable bonds is 10. The fourth-order valence-corrected chi connectivity index (χ4v) is 3.11. The fraction of sp³-hybridized carbons (Fsp3) is 0.273. The smallest absolute Gasteiger partial charge is 0.129 e. The van der Waals surface area contributed by atoms with Gasteiger partial charge in [0.25, 0.3) is 0 Å². The highest BCUT2D eigenvalue weighted by molar-refractivity contribution is 5.87. The highest BCUT2D eigenvalue weighted by atomic mass is 35.5. The molecule has 28 heavy (non-hydrogen) atoms. The average molecular weight is 423 g/mol. The van der Waals surface area contributed by atoms with Gasteiger partial charge in [0.15, 0.2) is 0 Å². The minimum Gasteiger partial charge on any atom is -1.00 e. The first-order valence-corrected chi connectivity index (χ1v) is 9.30. The van der Waals surface area contributed by atoms with Crippen LogP contribution >= 0.6 is 0 Å². The van der Waals surface area contributed by atoms with Crippen LogP contribution < -0.4 is 40.2 Å². The number of halogens is 2. The Morgan fingerprint density at radius 2 is 1.46 bits per heavy atom. The standard InChI is InChI=1S/C22H26N2O2.2ClH/c25-15-14-23-12-13-24-16-21-20-9-5-4-8-19(20)10-11-22(21)26-17-18-6-2-1-3-7-18;;/h1-11,23-25H,12-17H2;2*1H. The van der Waals surface area contributed by atoms with E-state index in [-0.39, 0.29) is 31.4 Å². The average Bonchev–Trinajstić information content (AvgIpc) is 2.70. The van der Waals surface area contributed by atoms with Gasteiger partial charge in [-0.2, -0.15) is 0 Å². The van der Waals surface area contributed by atoms with Gasteiger partial charge in [-0.1, -0.05) is 60.7 Å². The summed E-state index contributed by atoms with van der Waals surface area (Å²) >= 11 is 0. The Hall–Kier alpha value is -1.82. The first-order chi connectivity index (χ1) is 12.9. The Morgan fingerprint density at radius 3 is 2.25 bits per heavy atom. The summed E-state index contributed by atoms with van der Waals surface area (Å²) in [6, 6.07) is 23.0. The van der Waals surface area contributed by atoms with Crippen molar-refractivity contribution in [2.45, 2.75) is 13.2 Å². The predicted octanol–water partition coefficient (Wildman–Crippen LogP) is -4.95. The molecule has 0 amide bonds. The molecule has 3 aromatic rings. The van der Waals surface area contributed by atoms with Gasteiger partial charge in [0.05, 0.1) is 18.7 Å². The summed E-state index contributed by atoms with van der Waals surface area (Å²) in [7, 11) is 0. The molecule has 0 unspecified atom stereocenters. The molecule has 0 saturated heterocycles. The van der Waals surface area contributed by atoms with Crippen molar-refractivity contribution in [3.63, 3.8) is 0 Å². The van der Waals surface area contributed by atoms with Crippen molar-refractivity contribution in [3.8, 4) is 5.75 Å². The maximum atomic E-state index is 8.85. The zero-order chi connectivity index (χ0) is 18.0. The minimum atomic E-state index is 0. The second kappa shape index (κ2) is 13.4. The zero-order valence-corrected chi connectivity index (χ0v) is 17.4. The van der Waals surface area contributed by atoms with E-state index in [4.69, 9.17) is 9.84 Å². The number of benzene rings is 3. The molecule has 0 aliphatic heterocycles. The molecule has 6 heteroatoms. The molecule has 3 aromatic carbocycles. The van der Waals surface area contributed by atoms with Gasteiger partial charge in [-0.25, -0.2) is 0 Å². The molecule has 0 aliphatic carbocycles. The number of aliphatic hydroxyl groups is 1. The molecule has 0 aromatic heterocycles. The topological polar surface area (TPSA) is 62.7 Å². The molecule has 0 spiro atoms. The first kappa shape index (κ1) is 24.2. The number of nitrogens with two attached hydrogens (primary N) is 2. The molecular weight excluding hydrogens is 395 g/mol. The van der Waals surface area contributed by atoms with Crippen molar-refractivity contribution in [3.05, 3.63) is 77.9 Å². The van der Waals surface area contributed by atoms with Crippen LogP contribution in [0.4, 0.5) is 0 Å². The van der Waals surface area contributed by atoms with Crippen LogP contribution in [0.5, 0.6) is 5.75 Å². The quantitative estimate of drug-likeness (QED) is 0.286. The number of hydrogen-bond acceptors (Lipinski definition) is 2. The van der Waals surface area contributed by atoms with Gasteiger partial charge < -0.3 is 45.3 Å². The molecular formula is C22H28Cl2N2O2. The second-order valence-electron chi connectivity index (χ2n) is 6.41. The Kier molecular flexibility index (Phi) is 11.6. The van der Waals surface area contributed by atoms with E-state index in [1.807, 2.05) is 18.2 Å². The summed E-state index contributed by atoms with van der Waals surface area (Å²) in [6.07, 6.45) is 0. The molecule has 4 nitrogen and oxygen atoms in total. The van der Waals surface area contributed by atoms with Crippen molar-refractivity contribution < 1.29 is 45.3 Å². The molecule has 0 atom stereocenters. The largest absolute Gasteiger partial charge is 1.00 e. The molecule has 0 aliphatic rings. The lowest BCUT2D eigenvalue weighted by atomic mass is 10.0. The van der Waals surface area contributed by atoms with Crippen LogP contribution in [0.3, 0.4) is 0 Å². The molecule has 5 N–H and O–H groups in total. The second-order valence-corrected chi connectivity index (χ2v) is 6.41. The molecule has 152 valence electrons. The zero-order valence-electron chi connectivity index (χ0n) is 15.9. The molecule has 0 saturated carbocycles. The maximum absolute atomic E-state index is 8.85. The summed E-state index contributed by atoms with van der Waals surface area (Å²) in [5.41, 5.74) is 2.43. The van der Waals surface area contributed by atoms with Gasteiger partial charge in [-0.05, 0) is 22.4 Å². The molecule has 0 radical (unpaired) electrons.